The second-order valence-corrected chi connectivity index (χ2v) is 6.04. The lowest BCUT2D eigenvalue weighted by atomic mass is 10.1. The summed E-state index contributed by atoms with van der Waals surface area (Å²) in [5, 5.41) is 2.28. The van der Waals surface area contributed by atoms with Crippen LogP contribution in [-0.2, 0) is 0 Å². The Hall–Kier alpha value is -2.84. The van der Waals surface area contributed by atoms with Crippen LogP contribution in [0.15, 0.2) is 89.7 Å². The summed E-state index contributed by atoms with van der Waals surface area (Å²) in [4.78, 5) is 13.1. The van der Waals surface area contributed by atoms with Gasteiger partial charge in [0.1, 0.15) is 0 Å². The maximum Gasteiger partial charge on any atom is 0.263 e. The summed E-state index contributed by atoms with van der Waals surface area (Å²) in [6.45, 7) is 0. The normalized spacial score (nSPS) is 10.9. The molecule has 0 atom stereocenters. The minimum atomic E-state index is -0.0331. The van der Waals surface area contributed by atoms with Crippen LogP contribution in [-0.4, -0.2) is 4.57 Å². The van der Waals surface area contributed by atoms with E-state index in [1.165, 1.54) is 0 Å². The standard InChI is InChI=1S/C21H14ClNO/c22-17-10-12-18(13-11-17)23-20(15-6-2-1-3-7-15)14-16-8-4-5-9-19(16)21(23)24/h1-14H. The quantitative estimate of drug-likeness (QED) is 0.488. The van der Waals surface area contributed by atoms with Crippen LogP contribution < -0.4 is 5.56 Å². The van der Waals surface area contributed by atoms with E-state index in [9.17, 15) is 4.79 Å². The summed E-state index contributed by atoms with van der Waals surface area (Å²) >= 11 is 6.00. The van der Waals surface area contributed by atoms with Gasteiger partial charge in [-0.15, -0.1) is 0 Å². The van der Waals surface area contributed by atoms with Gasteiger partial charge in [0.25, 0.3) is 5.56 Å². The van der Waals surface area contributed by atoms with Crippen molar-refractivity contribution >= 4 is 22.4 Å². The second-order valence-electron chi connectivity index (χ2n) is 5.60. The first-order valence-corrected chi connectivity index (χ1v) is 8.08. The lowest BCUT2D eigenvalue weighted by molar-refractivity contribution is 1.02. The van der Waals surface area contributed by atoms with Crippen LogP contribution in [0.4, 0.5) is 0 Å². The largest absolute Gasteiger partial charge is 0.276 e. The molecule has 0 saturated carbocycles. The molecule has 0 aliphatic rings. The van der Waals surface area contributed by atoms with Crippen LogP contribution in [0.2, 0.25) is 5.02 Å². The van der Waals surface area contributed by atoms with Gasteiger partial charge in [-0.05, 0) is 47.3 Å². The molecule has 0 N–H and O–H groups in total. The molecule has 1 heterocycles. The molecule has 0 aliphatic carbocycles. The van der Waals surface area contributed by atoms with Crippen molar-refractivity contribution in [1.29, 1.82) is 0 Å². The average molecular weight is 332 g/mol. The molecule has 0 radical (unpaired) electrons. The Bertz CT molecular complexity index is 1070. The molecule has 0 saturated heterocycles. The third-order valence-electron chi connectivity index (χ3n) is 4.08. The van der Waals surface area contributed by atoms with Crippen molar-refractivity contribution in [1.82, 2.24) is 4.57 Å². The molecule has 0 amide bonds. The van der Waals surface area contributed by atoms with E-state index in [4.69, 9.17) is 11.6 Å². The van der Waals surface area contributed by atoms with Crippen molar-refractivity contribution in [2.45, 2.75) is 0 Å². The summed E-state index contributed by atoms with van der Waals surface area (Å²) in [5.74, 6) is 0. The molecule has 0 spiro atoms. The Labute approximate surface area is 144 Å². The van der Waals surface area contributed by atoms with Crippen molar-refractivity contribution in [3.63, 3.8) is 0 Å². The lowest BCUT2D eigenvalue weighted by Gasteiger charge is -2.15. The molecule has 1 aromatic heterocycles. The number of nitrogens with zero attached hydrogens (tertiary/aromatic N) is 1. The molecule has 4 aromatic rings. The van der Waals surface area contributed by atoms with Gasteiger partial charge < -0.3 is 0 Å². The van der Waals surface area contributed by atoms with Gasteiger partial charge in [-0.25, -0.2) is 0 Å². The fourth-order valence-electron chi connectivity index (χ4n) is 2.93. The summed E-state index contributed by atoms with van der Waals surface area (Å²) < 4.78 is 1.74. The number of rotatable bonds is 2. The fourth-order valence-corrected chi connectivity index (χ4v) is 3.05. The van der Waals surface area contributed by atoms with Gasteiger partial charge in [0.15, 0.2) is 0 Å². The highest BCUT2D eigenvalue weighted by molar-refractivity contribution is 6.30. The van der Waals surface area contributed by atoms with Crippen LogP contribution in [0.25, 0.3) is 27.7 Å². The molecule has 0 unspecified atom stereocenters. The Morgan fingerprint density at radius 1 is 0.750 bits per heavy atom. The molecule has 3 aromatic carbocycles. The van der Waals surface area contributed by atoms with Crippen molar-refractivity contribution in [2.24, 2.45) is 0 Å². The molecule has 0 bridgehead atoms. The summed E-state index contributed by atoms with van der Waals surface area (Å²) in [6, 6.07) is 27.0. The molecular weight excluding hydrogens is 318 g/mol. The fraction of sp³-hybridized carbons (Fsp3) is 0. The number of benzene rings is 3. The topological polar surface area (TPSA) is 22.0 Å². The molecule has 2 nitrogen and oxygen atoms in total. The zero-order valence-electron chi connectivity index (χ0n) is 12.8. The van der Waals surface area contributed by atoms with E-state index < -0.39 is 0 Å². The Morgan fingerprint density at radius 2 is 1.42 bits per heavy atom. The van der Waals surface area contributed by atoms with Crippen molar-refractivity contribution in [3.05, 3.63) is 100 Å². The van der Waals surface area contributed by atoms with Crippen LogP contribution in [0.5, 0.6) is 0 Å². The first-order valence-electron chi connectivity index (χ1n) is 7.70. The maximum absolute atomic E-state index is 13.1. The van der Waals surface area contributed by atoms with Crippen LogP contribution in [0.3, 0.4) is 0 Å². The highest BCUT2D eigenvalue weighted by Crippen LogP contribution is 2.25. The van der Waals surface area contributed by atoms with Crippen molar-refractivity contribution in [3.8, 4) is 16.9 Å². The number of halogens is 1. The van der Waals surface area contributed by atoms with E-state index in [-0.39, 0.29) is 5.56 Å². The maximum atomic E-state index is 13.1. The summed E-state index contributed by atoms with van der Waals surface area (Å²) in [7, 11) is 0. The third-order valence-corrected chi connectivity index (χ3v) is 4.33. The minimum Gasteiger partial charge on any atom is -0.276 e. The zero-order chi connectivity index (χ0) is 16.5. The molecular formula is C21H14ClNO. The Morgan fingerprint density at radius 3 is 2.17 bits per heavy atom. The Kier molecular flexibility index (Phi) is 3.68. The number of aromatic nitrogens is 1. The molecule has 116 valence electrons. The van der Waals surface area contributed by atoms with Crippen LogP contribution in [0.1, 0.15) is 0 Å². The zero-order valence-corrected chi connectivity index (χ0v) is 13.6. The lowest BCUT2D eigenvalue weighted by Crippen LogP contribution is -2.20. The predicted octanol–water partition coefficient (Wildman–Crippen LogP) is 5.31. The smallest absolute Gasteiger partial charge is 0.263 e. The van der Waals surface area contributed by atoms with E-state index in [2.05, 4.69) is 6.07 Å². The van der Waals surface area contributed by atoms with Crippen molar-refractivity contribution < 1.29 is 0 Å². The summed E-state index contributed by atoms with van der Waals surface area (Å²) in [6.07, 6.45) is 0. The van der Waals surface area contributed by atoms with Gasteiger partial charge in [0.2, 0.25) is 0 Å². The van der Waals surface area contributed by atoms with Gasteiger partial charge in [0.05, 0.1) is 5.69 Å². The Balaban J connectivity index is 2.11. The first kappa shape index (κ1) is 14.7. The first-order chi connectivity index (χ1) is 11.7. The van der Waals surface area contributed by atoms with E-state index >= 15 is 0 Å². The number of fused-ring (bicyclic) bond motifs is 1. The number of hydrogen-bond donors (Lipinski definition) is 0. The second kappa shape index (κ2) is 5.99. The molecule has 0 aliphatic heterocycles. The number of hydrogen-bond acceptors (Lipinski definition) is 1. The monoisotopic (exact) mass is 331 g/mol. The molecule has 3 heteroatoms. The predicted molar refractivity (Wildman–Crippen MR) is 100.0 cm³/mol. The summed E-state index contributed by atoms with van der Waals surface area (Å²) in [5.41, 5.74) is 2.63. The van der Waals surface area contributed by atoms with Gasteiger partial charge in [-0.2, -0.15) is 0 Å². The highest BCUT2D eigenvalue weighted by Gasteiger charge is 2.12. The van der Waals surface area contributed by atoms with E-state index in [0.717, 1.165) is 22.3 Å². The van der Waals surface area contributed by atoms with Gasteiger partial charge in [-0.3, -0.25) is 9.36 Å². The van der Waals surface area contributed by atoms with Gasteiger partial charge >= 0.3 is 0 Å². The van der Waals surface area contributed by atoms with Gasteiger partial charge in [0, 0.05) is 16.1 Å². The van der Waals surface area contributed by atoms with E-state index in [1.807, 2.05) is 66.7 Å². The molecule has 24 heavy (non-hydrogen) atoms. The highest BCUT2D eigenvalue weighted by atomic mass is 35.5. The van der Waals surface area contributed by atoms with Crippen molar-refractivity contribution in [2.75, 3.05) is 0 Å². The van der Waals surface area contributed by atoms with E-state index in [1.54, 1.807) is 16.7 Å². The van der Waals surface area contributed by atoms with E-state index in [0.29, 0.717) is 10.4 Å². The molecule has 0 fully saturated rings. The SMILES string of the molecule is O=c1c2ccccc2cc(-c2ccccc2)n1-c1ccc(Cl)cc1. The average Bonchev–Trinajstić information content (AvgIpc) is 2.63. The van der Waals surface area contributed by atoms with Crippen LogP contribution >= 0.6 is 11.6 Å². The molecule has 4 rings (SSSR count). The van der Waals surface area contributed by atoms with Crippen LogP contribution in [0, 0.1) is 0 Å². The number of pyridine rings is 1. The minimum absolute atomic E-state index is 0.0331. The third kappa shape index (κ3) is 2.51. The van der Waals surface area contributed by atoms with Gasteiger partial charge in [-0.1, -0.05) is 60.1 Å².